The zero-order valence-electron chi connectivity index (χ0n) is 12.5. The van der Waals surface area contributed by atoms with Crippen LogP contribution in [0.15, 0.2) is 16.6 Å². The number of nitrogens with two attached hydrogens (primary N) is 1. The van der Waals surface area contributed by atoms with Gasteiger partial charge in [0, 0.05) is 19.6 Å². The lowest BCUT2D eigenvalue weighted by Crippen LogP contribution is -2.57. The molecular formula is C15H22BrFN2O. The van der Waals surface area contributed by atoms with Crippen molar-refractivity contribution in [2.24, 2.45) is 5.73 Å². The minimum atomic E-state index is -0.312. The Morgan fingerprint density at radius 3 is 2.30 bits per heavy atom. The molecule has 0 unspecified atom stereocenters. The Morgan fingerprint density at radius 1 is 1.25 bits per heavy atom. The molecule has 2 rings (SSSR count). The summed E-state index contributed by atoms with van der Waals surface area (Å²) in [5.74, 6) is -0.249. The fourth-order valence-corrected chi connectivity index (χ4v) is 3.44. The summed E-state index contributed by atoms with van der Waals surface area (Å²) in [6, 6.07) is 3.68. The number of halogens is 2. The number of morpholine rings is 1. The van der Waals surface area contributed by atoms with Gasteiger partial charge in [-0.25, -0.2) is 4.39 Å². The lowest BCUT2D eigenvalue weighted by molar-refractivity contribution is -0.133. The van der Waals surface area contributed by atoms with E-state index in [0.717, 1.165) is 5.56 Å². The quantitative estimate of drug-likeness (QED) is 0.892. The van der Waals surface area contributed by atoms with Gasteiger partial charge in [-0.1, -0.05) is 6.07 Å². The van der Waals surface area contributed by atoms with E-state index in [0.29, 0.717) is 29.8 Å². The van der Waals surface area contributed by atoms with Crippen molar-refractivity contribution < 1.29 is 9.13 Å². The molecule has 3 nitrogen and oxygen atoms in total. The Balaban J connectivity index is 2.39. The second-order valence-electron chi connectivity index (χ2n) is 6.55. The normalized spacial score (nSPS) is 21.1. The summed E-state index contributed by atoms with van der Waals surface area (Å²) in [5, 5.41) is 0. The van der Waals surface area contributed by atoms with Gasteiger partial charge >= 0.3 is 0 Å². The first-order valence-electron chi connectivity index (χ1n) is 6.77. The first-order valence-corrected chi connectivity index (χ1v) is 7.56. The highest BCUT2D eigenvalue weighted by molar-refractivity contribution is 9.10. The van der Waals surface area contributed by atoms with E-state index in [1.54, 1.807) is 6.07 Å². The molecule has 1 aromatic rings. The molecule has 0 aromatic heterocycles. The Morgan fingerprint density at radius 2 is 1.80 bits per heavy atom. The minimum absolute atomic E-state index is 0.249. The molecule has 1 heterocycles. The van der Waals surface area contributed by atoms with Crippen LogP contribution < -0.4 is 10.6 Å². The fraction of sp³-hybridized carbons (Fsp3) is 0.600. The second kappa shape index (κ2) is 5.28. The molecule has 0 amide bonds. The molecule has 1 fully saturated rings. The lowest BCUT2D eigenvalue weighted by atomic mass is 9.98. The van der Waals surface area contributed by atoms with E-state index in [-0.39, 0.29) is 17.0 Å². The predicted molar refractivity (Wildman–Crippen MR) is 83.4 cm³/mol. The molecule has 0 atom stereocenters. The Hall–Kier alpha value is -0.650. The van der Waals surface area contributed by atoms with Gasteiger partial charge in [-0.05, 0) is 55.3 Å². The molecule has 5 heteroatoms. The van der Waals surface area contributed by atoms with Crippen molar-refractivity contribution in [3.63, 3.8) is 0 Å². The summed E-state index contributed by atoms with van der Waals surface area (Å²) >= 11 is 3.30. The third-order valence-electron chi connectivity index (χ3n) is 3.40. The molecular weight excluding hydrogens is 323 g/mol. The molecule has 1 saturated heterocycles. The zero-order chi connectivity index (χ0) is 15.1. The second-order valence-corrected chi connectivity index (χ2v) is 7.35. The highest BCUT2D eigenvalue weighted by Crippen LogP contribution is 2.35. The minimum Gasteiger partial charge on any atom is -0.366 e. The van der Waals surface area contributed by atoms with Gasteiger partial charge in [0.2, 0.25) is 0 Å². The molecule has 0 spiro atoms. The fourth-order valence-electron chi connectivity index (χ4n) is 2.94. The maximum Gasteiger partial charge on any atom is 0.160 e. The average molecular weight is 345 g/mol. The number of nitrogens with zero attached hydrogens (tertiary/aromatic N) is 1. The van der Waals surface area contributed by atoms with Gasteiger partial charge in [-0.3, -0.25) is 0 Å². The van der Waals surface area contributed by atoms with Crippen LogP contribution in [0.25, 0.3) is 0 Å². The highest BCUT2D eigenvalue weighted by atomic mass is 79.9. The van der Waals surface area contributed by atoms with E-state index in [9.17, 15) is 4.39 Å². The summed E-state index contributed by atoms with van der Waals surface area (Å²) in [7, 11) is 0. The predicted octanol–water partition coefficient (Wildman–Crippen LogP) is 3.44. The average Bonchev–Trinajstić information content (AvgIpc) is 2.28. The van der Waals surface area contributed by atoms with Gasteiger partial charge in [-0.15, -0.1) is 0 Å². The summed E-state index contributed by atoms with van der Waals surface area (Å²) in [5.41, 5.74) is 6.35. The number of anilines is 1. The van der Waals surface area contributed by atoms with E-state index >= 15 is 0 Å². The van der Waals surface area contributed by atoms with Crippen molar-refractivity contribution in [1.82, 2.24) is 0 Å². The summed E-state index contributed by atoms with van der Waals surface area (Å²) in [4.78, 5) is 2.05. The number of hydrogen-bond acceptors (Lipinski definition) is 3. The number of rotatable bonds is 2. The SMILES string of the molecule is CC1(C)CN(c2ccc(CN)c(Br)c2F)CC(C)(C)O1. The van der Waals surface area contributed by atoms with Crippen LogP contribution >= 0.6 is 15.9 Å². The Labute approximate surface area is 128 Å². The van der Waals surface area contributed by atoms with E-state index in [1.165, 1.54) is 0 Å². The Kier molecular flexibility index (Phi) is 4.15. The molecule has 0 radical (unpaired) electrons. The summed E-state index contributed by atoms with van der Waals surface area (Å²) < 4.78 is 21.0. The van der Waals surface area contributed by atoms with E-state index in [1.807, 2.05) is 38.7 Å². The first kappa shape index (κ1) is 15.7. The van der Waals surface area contributed by atoms with Crippen LogP contribution in [0.3, 0.4) is 0 Å². The number of ether oxygens (including phenoxy) is 1. The molecule has 1 aliphatic heterocycles. The van der Waals surface area contributed by atoms with Crippen molar-refractivity contribution in [3.8, 4) is 0 Å². The smallest absolute Gasteiger partial charge is 0.160 e. The maximum atomic E-state index is 14.6. The van der Waals surface area contributed by atoms with Crippen molar-refractivity contribution in [1.29, 1.82) is 0 Å². The molecule has 112 valence electrons. The van der Waals surface area contributed by atoms with Crippen LogP contribution in [-0.4, -0.2) is 24.3 Å². The molecule has 0 bridgehead atoms. The molecule has 1 aliphatic rings. The summed E-state index contributed by atoms with van der Waals surface area (Å²) in [6.45, 7) is 9.75. The van der Waals surface area contributed by atoms with Gasteiger partial charge in [0.25, 0.3) is 0 Å². The van der Waals surface area contributed by atoms with Crippen LogP contribution in [0.1, 0.15) is 33.3 Å². The molecule has 0 aliphatic carbocycles. The van der Waals surface area contributed by atoms with Gasteiger partial charge in [0.05, 0.1) is 21.4 Å². The highest BCUT2D eigenvalue weighted by Gasteiger charge is 2.39. The van der Waals surface area contributed by atoms with Crippen LogP contribution in [0.2, 0.25) is 0 Å². The first-order chi connectivity index (χ1) is 9.15. The van der Waals surface area contributed by atoms with Crippen LogP contribution in [0, 0.1) is 5.82 Å². The van der Waals surface area contributed by atoms with Crippen LogP contribution in [0.5, 0.6) is 0 Å². The molecule has 0 saturated carbocycles. The molecule has 20 heavy (non-hydrogen) atoms. The lowest BCUT2D eigenvalue weighted by Gasteiger charge is -2.48. The maximum absolute atomic E-state index is 14.6. The van der Waals surface area contributed by atoms with Crippen LogP contribution in [0.4, 0.5) is 10.1 Å². The largest absolute Gasteiger partial charge is 0.366 e. The zero-order valence-corrected chi connectivity index (χ0v) is 14.1. The Bertz CT molecular complexity index is 501. The molecule has 2 N–H and O–H groups in total. The number of hydrogen-bond donors (Lipinski definition) is 1. The summed E-state index contributed by atoms with van der Waals surface area (Å²) in [6.07, 6.45) is 0. The number of benzene rings is 1. The third kappa shape index (κ3) is 3.15. The van der Waals surface area contributed by atoms with Crippen molar-refractivity contribution >= 4 is 21.6 Å². The molecule has 1 aromatic carbocycles. The van der Waals surface area contributed by atoms with Gasteiger partial charge in [0.15, 0.2) is 5.82 Å². The van der Waals surface area contributed by atoms with Gasteiger partial charge in [0.1, 0.15) is 0 Å². The standard InChI is InChI=1S/C15H22BrFN2O/c1-14(2)8-19(9-15(3,4)20-14)11-6-5-10(7-18)12(16)13(11)17/h5-6H,7-9,18H2,1-4H3. The monoisotopic (exact) mass is 344 g/mol. The third-order valence-corrected chi connectivity index (χ3v) is 4.26. The van der Waals surface area contributed by atoms with Gasteiger partial charge in [-0.2, -0.15) is 0 Å². The van der Waals surface area contributed by atoms with Crippen molar-refractivity contribution in [2.45, 2.75) is 45.4 Å². The van der Waals surface area contributed by atoms with E-state index < -0.39 is 0 Å². The van der Waals surface area contributed by atoms with Crippen molar-refractivity contribution in [2.75, 3.05) is 18.0 Å². The van der Waals surface area contributed by atoms with Crippen LogP contribution in [-0.2, 0) is 11.3 Å². The topological polar surface area (TPSA) is 38.5 Å². The van der Waals surface area contributed by atoms with Crippen molar-refractivity contribution in [3.05, 3.63) is 28.0 Å². The van der Waals surface area contributed by atoms with E-state index in [2.05, 4.69) is 15.9 Å². The van der Waals surface area contributed by atoms with Gasteiger partial charge < -0.3 is 15.4 Å². The van der Waals surface area contributed by atoms with E-state index in [4.69, 9.17) is 10.5 Å².